The second-order valence-corrected chi connectivity index (χ2v) is 3.40. The molecule has 0 aromatic carbocycles. The summed E-state index contributed by atoms with van der Waals surface area (Å²) in [7, 11) is 0. The second-order valence-electron chi connectivity index (χ2n) is 3.40. The monoisotopic (exact) mass is 218 g/mol. The first kappa shape index (κ1) is 13.9. The Morgan fingerprint density at radius 1 is 1.20 bits per heavy atom. The van der Waals surface area contributed by atoms with Crippen LogP contribution in [0.5, 0.6) is 0 Å². The average Bonchev–Trinajstić information content (AvgIpc) is 2.15. The highest BCUT2D eigenvalue weighted by atomic mass is 16.5. The topological polar surface area (TPSA) is 83.8 Å². The van der Waals surface area contributed by atoms with Crippen LogP contribution in [0.2, 0.25) is 0 Å². The van der Waals surface area contributed by atoms with Crippen LogP contribution in [0.4, 0.5) is 0 Å². The van der Waals surface area contributed by atoms with Gasteiger partial charge in [-0.3, -0.25) is 4.79 Å². The maximum atomic E-state index is 10.4. The number of carbonyl (C=O) groups excluding carboxylic acids is 1. The number of hydrogen-bond acceptors (Lipinski definition) is 4. The number of esters is 1. The zero-order valence-electron chi connectivity index (χ0n) is 8.94. The summed E-state index contributed by atoms with van der Waals surface area (Å²) in [6.45, 7) is 1.78. The molecule has 1 atom stereocenters. The van der Waals surface area contributed by atoms with Gasteiger partial charge < -0.3 is 14.9 Å². The average molecular weight is 218 g/mol. The van der Waals surface area contributed by atoms with Crippen molar-refractivity contribution in [1.82, 2.24) is 0 Å². The lowest BCUT2D eigenvalue weighted by Crippen LogP contribution is -2.18. The van der Waals surface area contributed by atoms with Crippen LogP contribution < -0.4 is 0 Å². The minimum atomic E-state index is -1.25. The molecule has 0 fully saturated rings. The van der Waals surface area contributed by atoms with E-state index >= 15 is 0 Å². The molecule has 0 aliphatic rings. The Morgan fingerprint density at radius 3 is 2.33 bits per heavy atom. The summed E-state index contributed by atoms with van der Waals surface area (Å²) in [5.41, 5.74) is 0. The SMILES string of the molecule is CC(=O)OCCCCCCC(O)C(=O)O. The van der Waals surface area contributed by atoms with Crippen molar-refractivity contribution in [2.75, 3.05) is 6.61 Å². The number of carbonyl (C=O) groups is 2. The molecule has 0 bridgehead atoms. The van der Waals surface area contributed by atoms with Crippen molar-refractivity contribution >= 4 is 11.9 Å². The third-order valence-electron chi connectivity index (χ3n) is 1.96. The van der Waals surface area contributed by atoms with Gasteiger partial charge in [0.1, 0.15) is 0 Å². The largest absolute Gasteiger partial charge is 0.479 e. The highest BCUT2D eigenvalue weighted by molar-refractivity contribution is 5.71. The van der Waals surface area contributed by atoms with Crippen molar-refractivity contribution in [2.45, 2.75) is 45.1 Å². The van der Waals surface area contributed by atoms with E-state index in [1.165, 1.54) is 6.92 Å². The fraction of sp³-hybridized carbons (Fsp3) is 0.800. The van der Waals surface area contributed by atoms with Crippen LogP contribution in [0, 0.1) is 0 Å². The van der Waals surface area contributed by atoms with Crippen molar-refractivity contribution in [3.8, 4) is 0 Å². The van der Waals surface area contributed by atoms with Crippen LogP contribution in [0.3, 0.4) is 0 Å². The van der Waals surface area contributed by atoms with Gasteiger partial charge >= 0.3 is 11.9 Å². The van der Waals surface area contributed by atoms with Gasteiger partial charge in [0, 0.05) is 6.92 Å². The van der Waals surface area contributed by atoms with E-state index in [4.69, 9.17) is 14.9 Å². The third-order valence-corrected chi connectivity index (χ3v) is 1.96. The van der Waals surface area contributed by atoms with E-state index in [9.17, 15) is 9.59 Å². The lowest BCUT2D eigenvalue weighted by atomic mass is 10.1. The summed E-state index contributed by atoms with van der Waals surface area (Å²) >= 11 is 0. The van der Waals surface area contributed by atoms with Crippen molar-refractivity contribution < 1.29 is 24.5 Å². The lowest BCUT2D eigenvalue weighted by Gasteiger charge is -2.05. The molecule has 0 saturated carbocycles. The molecule has 0 aromatic heterocycles. The number of aliphatic carboxylic acids is 1. The van der Waals surface area contributed by atoms with Crippen LogP contribution in [0.1, 0.15) is 39.0 Å². The number of hydrogen-bond donors (Lipinski definition) is 2. The molecule has 0 spiro atoms. The molecule has 0 aliphatic carbocycles. The summed E-state index contributed by atoms with van der Waals surface area (Å²) in [5.74, 6) is -1.45. The Labute approximate surface area is 89.0 Å². The van der Waals surface area contributed by atoms with E-state index in [-0.39, 0.29) is 12.4 Å². The maximum absolute atomic E-state index is 10.4. The van der Waals surface area contributed by atoms with E-state index in [1.807, 2.05) is 0 Å². The minimum Gasteiger partial charge on any atom is -0.479 e. The first-order valence-corrected chi connectivity index (χ1v) is 5.08. The van der Waals surface area contributed by atoms with Crippen molar-refractivity contribution in [2.24, 2.45) is 0 Å². The molecule has 5 nitrogen and oxygen atoms in total. The number of aliphatic hydroxyl groups is 1. The Balaban J connectivity index is 3.18. The van der Waals surface area contributed by atoms with Gasteiger partial charge in [-0.2, -0.15) is 0 Å². The molecule has 1 unspecified atom stereocenters. The molecular weight excluding hydrogens is 200 g/mol. The first-order chi connectivity index (χ1) is 7.04. The standard InChI is InChI=1S/C10H18O5/c1-8(11)15-7-5-3-2-4-6-9(12)10(13)14/h9,12H,2-7H2,1H3,(H,13,14). The number of carboxylic acid groups (broad SMARTS) is 1. The molecule has 0 aliphatic heterocycles. The third kappa shape index (κ3) is 9.21. The predicted molar refractivity (Wildman–Crippen MR) is 53.4 cm³/mol. The van der Waals surface area contributed by atoms with Gasteiger partial charge in [-0.05, 0) is 12.8 Å². The van der Waals surface area contributed by atoms with Crippen LogP contribution in [0.15, 0.2) is 0 Å². The number of aliphatic hydroxyl groups excluding tert-OH is 1. The summed E-state index contributed by atoms with van der Waals surface area (Å²) in [4.78, 5) is 20.6. The molecule has 5 heteroatoms. The van der Waals surface area contributed by atoms with E-state index in [0.717, 1.165) is 19.3 Å². The molecule has 2 N–H and O–H groups in total. The summed E-state index contributed by atoms with van der Waals surface area (Å²) in [6, 6.07) is 0. The van der Waals surface area contributed by atoms with Gasteiger partial charge in [-0.1, -0.05) is 19.3 Å². The maximum Gasteiger partial charge on any atom is 0.332 e. The summed E-state index contributed by atoms with van der Waals surface area (Å²) in [6.07, 6.45) is 2.20. The fourth-order valence-electron chi connectivity index (χ4n) is 1.13. The van der Waals surface area contributed by atoms with Crippen molar-refractivity contribution in [1.29, 1.82) is 0 Å². The molecule has 88 valence electrons. The molecule has 0 heterocycles. The lowest BCUT2D eigenvalue weighted by molar-refractivity contribution is -0.147. The van der Waals surface area contributed by atoms with E-state index in [1.54, 1.807) is 0 Å². The van der Waals surface area contributed by atoms with Gasteiger partial charge in [0.25, 0.3) is 0 Å². The molecule has 0 rings (SSSR count). The zero-order chi connectivity index (χ0) is 11.7. The molecule has 15 heavy (non-hydrogen) atoms. The summed E-state index contributed by atoms with van der Waals surface area (Å²) in [5, 5.41) is 17.3. The van der Waals surface area contributed by atoms with E-state index < -0.39 is 12.1 Å². The number of carboxylic acids is 1. The van der Waals surface area contributed by atoms with E-state index in [2.05, 4.69) is 0 Å². The predicted octanol–water partition coefficient (Wildman–Crippen LogP) is 0.946. The number of ether oxygens (including phenoxy) is 1. The minimum absolute atomic E-state index is 0.281. The van der Waals surface area contributed by atoms with Gasteiger partial charge in [-0.15, -0.1) is 0 Å². The molecule has 0 saturated heterocycles. The van der Waals surface area contributed by atoms with Crippen molar-refractivity contribution in [3.63, 3.8) is 0 Å². The number of unbranched alkanes of at least 4 members (excludes halogenated alkanes) is 3. The first-order valence-electron chi connectivity index (χ1n) is 5.08. The second kappa shape index (κ2) is 8.23. The molecule has 0 radical (unpaired) electrons. The Morgan fingerprint density at radius 2 is 1.80 bits per heavy atom. The molecular formula is C10H18O5. The Hall–Kier alpha value is -1.10. The quantitative estimate of drug-likeness (QED) is 0.468. The smallest absolute Gasteiger partial charge is 0.332 e. The van der Waals surface area contributed by atoms with Gasteiger partial charge in [0.2, 0.25) is 0 Å². The molecule has 0 aromatic rings. The van der Waals surface area contributed by atoms with Crippen molar-refractivity contribution in [3.05, 3.63) is 0 Å². The van der Waals surface area contributed by atoms with Gasteiger partial charge in [0.15, 0.2) is 6.10 Å². The van der Waals surface area contributed by atoms with Crippen LogP contribution in [-0.2, 0) is 14.3 Å². The Kier molecular flexibility index (Phi) is 7.62. The fourth-order valence-corrected chi connectivity index (χ4v) is 1.13. The molecule has 0 amide bonds. The normalized spacial score (nSPS) is 12.1. The zero-order valence-corrected chi connectivity index (χ0v) is 8.94. The van der Waals surface area contributed by atoms with Crippen LogP contribution >= 0.6 is 0 Å². The van der Waals surface area contributed by atoms with Gasteiger partial charge in [0.05, 0.1) is 6.61 Å². The highest BCUT2D eigenvalue weighted by Gasteiger charge is 2.11. The summed E-state index contributed by atoms with van der Waals surface area (Å²) < 4.78 is 4.73. The van der Waals surface area contributed by atoms with Gasteiger partial charge in [-0.25, -0.2) is 4.79 Å². The van der Waals surface area contributed by atoms with Crippen LogP contribution in [-0.4, -0.2) is 34.9 Å². The highest BCUT2D eigenvalue weighted by Crippen LogP contribution is 2.06. The number of rotatable bonds is 8. The van der Waals surface area contributed by atoms with E-state index in [0.29, 0.717) is 13.0 Å². The van der Waals surface area contributed by atoms with Crippen LogP contribution in [0.25, 0.3) is 0 Å². The Bertz CT molecular complexity index is 202.